The molecule has 80 valence electrons. The van der Waals surface area contributed by atoms with E-state index in [0.717, 1.165) is 24.5 Å². The monoisotopic (exact) mass is 214 g/mol. The predicted octanol–water partition coefficient (Wildman–Crippen LogP) is 1.40. The van der Waals surface area contributed by atoms with Gasteiger partial charge in [0.25, 0.3) is 0 Å². The molecule has 0 amide bonds. The van der Waals surface area contributed by atoms with Crippen LogP contribution in [0.4, 0.5) is 0 Å². The summed E-state index contributed by atoms with van der Waals surface area (Å²) in [7, 11) is 1.72. The van der Waals surface area contributed by atoms with Crippen LogP contribution in [0.3, 0.4) is 0 Å². The van der Waals surface area contributed by atoms with Crippen molar-refractivity contribution in [3.05, 3.63) is 0 Å². The highest BCUT2D eigenvalue weighted by Gasteiger charge is 2.23. The Hall–Kier alpha value is -0.240. The summed E-state index contributed by atoms with van der Waals surface area (Å²) in [5.41, 5.74) is 0. The molecule has 1 unspecified atom stereocenters. The zero-order valence-electron chi connectivity index (χ0n) is 8.66. The van der Waals surface area contributed by atoms with Crippen molar-refractivity contribution in [3.63, 3.8) is 0 Å². The molecule has 1 saturated carbocycles. The summed E-state index contributed by atoms with van der Waals surface area (Å²) in [6, 6.07) is 2.99. The minimum atomic E-state index is 0.0533. The maximum absolute atomic E-state index is 8.86. The zero-order valence-corrected chi connectivity index (χ0v) is 9.48. The lowest BCUT2D eigenvalue weighted by molar-refractivity contribution is 0.218. The van der Waals surface area contributed by atoms with Crippen molar-refractivity contribution < 1.29 is 4.74 Å². The molecule has 0 saturated heterocycles. The molecule has 14 heavy (non-hydrogen) atoms. The first kappa shape index (κ1) is 11.8. The van der Waals surface area contributed by atoms with Crippen LogP contribution in [0.2, 0.25) is 0 Å². The Morgan fingerprint density at radius 2 is 2.36 bits per heavy atom. The van der Waals surface area contributed by atoms with Crippen molar-refractivity contribution in [2.24, 2.45) is 0 Å². The molecule has 0 aromatic rings. The normalized spacial score (nSPS) is 17.7. The average Bonchev–Trinajstić information content (AvgIpc) is 2.99. The van der Waals surface area contributed by atoms with Crippen molar-refractivity contribution in [1.29, 1.82) is 5.26 Å². The van der Waals surface area contributed by atoms with Gasteiger partial charge < -0.3 is 4.74 Å². The second kappa shape index (κ2) is 7.10. The van der Waals surface area contributed by atoms with E-state index < -0.39 is 0 Å². The summed E-state index contributed by atoms with van der Waals surface area (Å²) >= 11 is 1.85. The number of rotatable bonds is 8. The van der Waals surface area contributed by atoms with E-state index in [0.29, 0.717) is 6.04 Å². The summed E-state index contributed by atoms with van der Waals surface area (Å²) in [6.07, 6.45) is 3.44. The number of nitrogens with zero attached hydrogens (tertiary/aromatic N) is 1. The van der Waals surface area contributed by atoms with Crippen molar-refractivity contribution in [2.75, 3.05) is 25.2 Å². The van der Waals surface area contributed by atoms with Gasteiger partial charge in [-0.05, 0) is 25.0 Å². The molecule has 1 atom stereocenters. The Morgan fingerprint density at radius 3 is 2.93 bits per heavy atom. The third-order valence-electron chi connectivity index (χ3n) is 2.15. The lowest BCUT2D eigenvalue weighted by atomic mass is 10.2. The smallest absolute Gasteiger partial charge is 0.0963 e. The van der Waals surface area contributed by atoms with E-state index in [1.54, 1.807) is 7.11 Å². The molecule has 0 radical (unpaired) electrons. The molecule has 0 heterocycles. The van der Waals surface area contributed by atoms with Gasteiger partial charge in [-0.3, -0.25) is 5.32 Å². The maximum Gasteiger partial charge on any atom is 0.0963 e. The molecule has 0 spiro atoms. The third kappa shape index (κ3) is 5.48. The fourth-order valence-electron chi connectivity index (χ4n) is 1.17. The largest absolute Gasteiger partial charge is 0.384 e. The van der Waals surface area contributed by atoms with Crippen LogP contribution in [0.1, 0.15) is 19.3 Å². The third-order valence-corrected chi connectivity index (χ3v) is 3.13. The average molecular weight is 214 g/mol. The Balaban J connectivity index is 1.94. The van der Waals surface area contributed by atoms with Crippen LogP contribution in [-0.2, 0) is 4.74 Å². The fraction of sp³-hybridized carbons (Fsp3) is 0.900. The first-order valence-corrected chi connectivity index (χ1v) is 6.24. The number of hydrogen-bond donors (Lipinski definition) is 1. The van der Waals surface area contributed by atoms with E-state index in [1.807, 2.05) is 11.8 Å². The molecule has 1 N–H and O–H groups in total. The highest BCUT2D eigenvalue weighted by Crippen LogP contribution is 2.20. The Kier molecular flexibility index (Phi) is 6.00. The Labute approximate surface area is 90.2 Å². The van der Waals surface area contributed by atoms with Gasteiger partial charge in [-0.15, -0.1) is 0 Å². The SMILES string of the molecule is COCCSCCC(C#N)NC1CC1. The van der Waals surface area contributed by atoms with Crippen molar-refractivity contribution >= 4 is 11.8 Å². The number of hydrogen-bond acceptors (Lipinski definition) is 4. The van der Waals surface area contributed by atoms with Gasteiger partial charge in [-0.25, -0.2) is 0 Å². The van der Waals surface area contributed by atoms with Crippen LogP contribution in [0, 0.1) is 11.3 Å². The first-order chi connectivity index (χ1) is 6.86. The van der Waals surface area contributed by atoms with Crippen LogP contribution in [0.25, 0.3) is 0 Å². The van der Waals surface area contributed by atoms with Gasteiger partial charge in [0.2, 0.25) is 0 Å². The molecular weight excluding hydrogens is 196 g/mol. The van der Waals surface area contributed by atoms with Crippen LogP contribution in [-0.4, -0.2) is 37.3 Å². The minimum Gasteiger partial charge on any atom is -0.384 e. The van der Waals surface area contributed by atoms with Crippen LogP contribution >= 0.6 is 11.8 Å². The summed E-state index contributed by atoms with van der Waals surface area (Å²) in [5, 5.41) is 12.2. The van der Waals surface area contributed by atoms with E-state index in [4.69, 9.17) is 10.00 Å². The Bertz CT molecular complexity index is 189. The second-order valence-corrected chi connectivity index (χ2v) is 4.74. The molecule has 1 aliphatic rings. The molecule has 1 aliphatic carbocycles. The van der Waals surface area contributed by atoms with Gasteiger partial charge in [0.1, 0.15) is 0 Å². The highest BCUT2D eigenvalue weighted by molar-refractivity contribution is 7.99. The van der Waals surface area contributed by atoms with Crippen molar-refractivity contribution in [1.82, 2.24) is 5.32 Å². The number of ether oxygens (including phenoxy) is 1. The van der Waals surface area contributed by atoms with Gasteiger partial charge in [-0.2, -0.15) is 17.0 Å². The van der Waals surface area contributed by atoms with E-state index >= 15 is 0 Å². The van der Waals surface area contributed by atoms with Gasteiger partial charge >= 0.3 is 0 Å². The molecular formula is C10H18N2OS. The van der Waals surface area contributed by atoms with Crippen molar-refractivity contribution in [2.45, 2.75) is 31.3 Å². The van der Waals surface area contributed by atoms with Gasteiger partial charge in [-0.1, -0.05) is 0 Å². The molecule has 0 aromatic carbocycles. The Morgan fingerprint density at radius 1 is 1.57 bits per heavy atom. The van der Waals surface area contributed by atoms with E-state index in [9.17, 15) is 0 Å². The summed E-state index contributed by atoms with van der Waals surface area (Å²) in [5.74, 6) is 2.07. The van der Waals surface area contributed by atoms with Gasteiger partial charge in [0.15, 0.2) is 0 Å². The van der Waals surface area contributed by atoms with Gasteiger partial charge in [0.05, 0.1) is 18.7 Å². The molecule has 0 aliphatic heterocycles. The number of methoxy groups -OCH3 is 1. The van der Waals surface area contributed by atoms with E-state index in [-0.39, 0.29) is 6.04 Å². The highest BCUT2D eigenvalue weighted by atomic mass is 32.2. The second-order valence-electron chi connectivity index (χ2n) is 3.52. The zero-order chi connectivity index (χ0) is 10.2. The number of nitriles is 1. The summed E-state index contributed by atoms with van der Waals surface area (Å²) in [6.45, 7) is 0.804. The number of nitrogens with one attached hydrogen (secondary N) is 1. The topological polar surface area (TPSA) is 45.0 Å². The van der Waals surface area contributed by atoms with Crippen LogP contribution in [0.15, 0.2) is 0 Å². The maximum atomic E-state index is 8.86. The van der Waals surface area contributed by atoms with Crippen molar-refractivity contribution in [3.8, 4) is 6.07 Å². The number of thioether (sulfide) groups is 1. The minimum absolute atomic E-state index is 0.0533. The molecule has 1 rings (SSSR count). The fourth-order valence-corrected chi connectivity index (χ4v) is 2.06. The standard InChI is InChI=1S/C10H18N2OS/c1-13-5-7-14-6-4-10(8-11)12-9-2-3-9/h9-10,12H,2-7H2,1H3. The summed E-state index contributed by atoms with van der Waals surface area (Å²) < 4.78 is 4.95. The molecule has 0 aromatic heterocycles. The molecule has 4 heteroatoms. The van der Waals surface area contributed by atoms with Crippen LogP contribution < -0.4 is 5.32 Å². The van der Waals surface area contributed by atoms with Crippen LogP contribution in [0.5, 0.6) is 0 Å². The molecule has 0 bridgehead atoms. The summed E-state index contributed by atoms with van der Waals surface area (Å²) in [4.78, 5) is 0. The lowest BCUT2D eigenvalue weighted by Gasteiger charge is -2.09. The van der Waals surface area contributed by atoms with E-state index in [2.05, 4.69) is 11.4 Å². The van der Waals surface area contributed by atoms with E-state index in [1.165, 1.54) is 12.8 Å². The quantitative estimate of drug-likeness (QED) is 0.620. The predicted molar refractivity (Wildman–Crippen MR) is 59.4 cm³/mol. The lowest BCUT2D eigenvalue weighted by Crippen LogP contribution is -2.30. The van der Waals surface area contributed by atoms with Gasteiger partial charge in [0, 0.05) is 18.9 Å². The molecule has 3 nitrogen and oxygen atoms in total. The first-order valence-electron chi connectivity index (χ1n) is 5.09. The molecule has 1 fully saturated rings.